The molecule has 1 N–H and O–H groups in total. The van der Waals surface area contributed by atoms with Crippen molar-refractivity contribution < 1.29 is 0 Å². The van der Waals surface area contributed by atoms with Crippen LogP contribution in [0.15, 0.2) is 46.7 Å². The van der Waals surface area contributed by atoms with Gasteiger partial charge in [-0.25, -0.2) is 0 Å². The molecule has 21 heavy (non-hydrogen) atoms. The van der Waals surface area contributed by atoms with E-state index in [2.05, 4.69) is 75.9 Å². The van der Waals surface area contributed by atoms with Crippen LogP contribution in [0.5, 0.6) is 0 Å². The van der Waals surface area contributed by atoms with Crippen molar-refractivity contribution in [2.75, 3.05) is 5.32 Å². The molecule has 4 nitrogen and oxygen atoms in total. The minimum Gasteiger partial charge on any atom is -0.363 e. The first kappa shape index (κ1) is 14.6. The van der Waals surface area contributed by atoms with Crippen molar-refractivity contribution in [3.05, 3.63) is 42.2 Å². The van der Waals surface area contributed by atoms with E-state index in [0.717, 1.165) is 16.0 Å². The monoisotopic (exact) mass is 394 g/mol. The van der Waals surface area contributed by atoms with E-state index in [1.165, 1.54) is 5.56 Å². The number of rotatable bonds is 4. The minimum absolute atomic E-state index is 0.146. The number of hydrogen-bond acceptors (Lipinski definition) is 4. The fourth-order valence-corrected chi connectivity index (χ4v) is 3.14. The highest BCUT2D eigenvalue weighted by Crippen LogP contribution is 2.27. The smallest absolute Gasteiger partial charge is 0.148 e. The van der Waals surface area contributed by atoms with Gasteiger partial charge in [-0.1, -0.05) is 48.6 Å². The molecule has 0 saturated carbocycles. The van der Waals surface area contributed by atoms with E-state index in [1.54, 1.807) is 0 Å². The molecule has 0 spiro atoms. The van der Waals surface area contributed by atoms with Crippen LogP contribution in [-0.4, -0.2) is 29.2 Å². The van der Waals surface area contributed by atoms with E-state index >= 15 is 0 Å². The summed E-state index contributed by atoms with van der Waals surface area (Å²) in [7, 11) is 0. The quantitative estimate of drug-likeness (QED) is 0.626. The van der Waals surface area contributed by atoms with Gasteiger partial charge in [0, 0.05) is 22.5 Å². The molecule has 0 aromatic heterocycles. The summed E-state index contributed by atoms with van der Waals surface area (Å²) in [4.78, 5) is 11.2. The molecule has 0 bridgehead atoms. The zero-order valence-electron chi connectivity index (χ0n) is 12.2. The minimum atomic E-state index is 0.146. The Hall–Kier alpha value is -1.37. The topological polar surface area (TPSA) is 40.0 Å². The maximum absolute atomic E-state index is 4.81. The number of aliphatic imine (C=N–C) groups is 2. The molecule has 2 unspecified atom stereocenters. The lowest BCUT2D eigenvalue weighted by atomic mass is 10.0. The molecule has 3 rings (SSSR count). The molecule has 0 radical (unpaired) electrons. The third-order valence-electron chi connectivity index (χ3n) is 3.75. The van der Waals surface area contributed by atoms with Crippen LogP contribution in [0.4, 0.5) is 5.69 Å². The molecule has 1 aromatic rings. The van der Waals surface area contributed by atoms with E-state index in [0.29, 0.717) is 5.92 Å². The third-order valence-corrected chi connectivity index (χ3v) is 4.63. The van der Waals surface area contributed by atoms with Gasteiger partial charge in [-0.15, -0.1) is 0 Å². The predicted molar refractivity (Wildman–Crippen MR) is 97.1 cm³/mol. The Morgan fingerprint density at radius 3 is 3.00 bits per heavy atom. The van der Waals surface area contributed by atoms with Crippen LogP contribution < -0.4 is 5.32 Å². The zero-order chi connectivity index (χ0) is 14.8. The standard InChI is InChI=1S/C16H19IN4/c1-11(2)15-16(21-7-6-18-10-14(21)20-15)19-13-5-3-4-12(8-13)9-17/h3-8,10-11,15-16,19H,9H2,1-2H3. The number of nitrogens with zero attached hydrogens (tertiary/aromatic N) is 3. The number of benzene rings is 1. The molecule has 0 aliphatic carbocycles. The van der Waals surface area contributed by atoms with Crippen LogP contribution in [-0.2, 0) is 4.43 Å². The van der Waals surface area contributed by atoms with E-state index in [1.807, 2.05) is 18.6 Å². The average Bonchev–Trinajstić information content (AvgIpc) is 2.87. The molecule has 0 fully saturated rings. The lowest BCUT2D eigenvalue weighted by molar-refractivity contribution is 0.357. The van der Waals surface area contributed by atoms with Gasteiger partial charge in [-0.2, -0.15) is 0 Å². The molecule has 5 heteroatoms. The normalized spacial score (nSPS) is 23.4. The van der Waals surface area contributed by atoms with Crippen molar-refractivity contribution in [1.82, 2.24) is 4.90 Å². The predicted octanol–water partition coefficient (Wildman–Crippen LogP) is 3.65. The first-order valence-corrected chi connectivity index (χ1v) is 8.69. The molecule has 2 aliphatic rings. The van der Waals surface area contributed by atoms with Crippen LogP contribution in [0.3, 0.4) is 0 Å². The molecule has 0 amide bonds. The van der Waals surface area contributed by atoms with Crippen molar-refractivity contribution in [2.24, 2.45) is 15.9 Å². The van der Waals surface area contributed by atoms with Crippen LogP contribution in [0.1, 0.15) is 19.4 Å². The maximum Gasteiger partial charge on any atom is 0.148 e. The lowest BCUT2D eigenvalue weighted by Gasteiger charge is -2.30. The van der Waals surface area contributed by atoms with E-state index in [9.17, 15) is 0 Å². The second kappa shape index (κ2) is 6.17. The first-order chi connectivity index (χ1) is 10.2. The van der Waals surface area contributed by atoms with Crippen molar-refractivity contribution in [2.45, 2.75) is 30.5 Å². The Labute approximate surface area is 139 Å². The van der Waals surface area contributed by atoms with Gasteiger partial charge < -0.3 is 10.2 Å². The van der Waals surface area contributed by atoms with Gasteiger partial charge in [0.2, 0.25) is 0 Å². The molecular formula is C16H19IN4. The number of halogens is 1. The van der Waals surface area contributed by atoms with Gasteiger partial charge in [0.15, 0.2) is 0 Å². The molecule has 2 heterocycles. The Morgan fingerprint density at radius 1 is 1.38 bits per heavy atom. The Balaban J connectivity index is 1.85. The zero-order valence-corrected chi connectivity index (χ0v) is 14.4. The Morgan fingerprint density at radius 2 is 2.24 bits per heavy atom. The summed E-state index contributed by atoms with van der Waals surface area (Å²) in [5.74, 6) is 1.41. The van der Waals surface area contributed by atoms with Gasteiger partial charge >= 0.3 is 0 Å². The number of anilines is 1. The number of nitrogens with one attached hydrogen (secondary N) is 1. The van der Waals surface area contributed by atoms with Gasteiger partial charge in [0.25, 0.3) is 0 Å². The maximum atomic E-state index is 4.81. The van der Waals surface area contributed by atoms with Crippen LogP contribution in [0, 0.1) is 5.92 Å². The number of hydrogen-bond donors (Lipinski definition) is 1. The Bertz CT molecular complexity index is 606. The van der Waals surface area contributed by atoms with E-state index in [-0.39, 0.29) is 12.2 Å². The van der Waals surface area contributed by atoms with E-state index < -0.39 is 0 Å². The summed E-state index contributed by atoms with van der Waals surface area (Å²) in [5.41, 5.74) is 2.48. The lowest BCUT2D eigenvalue weighted by Crippen LogP contribution is -2.44. The van der Waals surface area contributed by atoms with Crippen molar-refractivity contribution in [3.63, 3.8) is 0 Å². The van der Waals surface area contributed by atoms with Gasteiger partial charge in [-0.05, 0) is 23.6 Å². The summed E-state index contributed by atoms with van der Waals surface area (Å²) in [6, 6.07) is 8.81. The molecule has 0 saturated heterocycles. The highest BCUT2D eigenvalue weighted by molar-refractivity contribution is 14.1. The first-order valence-electron chi connectivity index (χ1n) is 7.16. The molecule has 110 valence electrons. The summed E-state index contributed by atoms with van der Waals surface area (Å²) in [6.45, 7) is 4.42. The highest BCUT2D eigenvalue weighted by atomic mass is 127. The summed E-state index contributed by atoms with van der Waals surface area (Å²) in [5, 5.41) is 3.64. The number of fused-ring (bicyclic) bond motifs is 1. The molecular weight excluding hydrogens is 375 g/mol. The van der Waals surface area contributed by atoms with Gasteiger partial charge in [-0.3, -0.25) is 9.98 Å². The average molecular weight is 394 g/mol. The van der Waals surface area contributed by atoms with Crippen molar-refractivity contribution in [1.29, 1.82) is 0 Å². The highest BCUT2D eigenvalue weighted by Gasteiger charge is 2.36. The van der Waals surface area contributed by atoms with Gasteiger partial charge in [0.1, 0.15) is 12.0 Å². The Kier molecular flexibility index (Phi) is 4.28. The van der Waals surface area contributed by atoms with Gasteiger partial charge in [0.05, 0.1) is 12.3 Å². The second-order valence-electron chi connectivity index (χ2n) is 5.63. The summed E-state index contributed by atoms with van der Waals surface area (Å²) < 4.78 is 1.02. The summed E-state index contributed by atoms with van der Waals surface area (Å²) >= 11 is 2.39. The van der Waals surface area contributed by atoms with Crippen LogP contribution in [0.25, 0.3) is 0 Å². The fourth-order valence-electron chi connectivity index (χ4n) is 2.67. The summed E-state index contributed by atoms with van der Waals surface area (Å²) in [6.07, 6.45) is 5.80. The van der Waals surface area contributed by atoms with Crippen molar-refractivity contribution >= 4 is 40.3 Å². The molecule has 2 aliphatic heterocycles. The number of amidine groups is 1. The fraction of sp³-hybridized carbons (Fsp3) is 0.375. The SMILES string of the molecule is CC(C)C1N=C2C=NC=CN2C1Nc1cccc(CI)c1. The van der Waals surface area contributed by atoms with Crippen molar-refractivity contribution in [3.8, 4) is 0 Å². The second-order valence-corrected chi connectivity index (χ2v) is 6.39. The largest absolute Gasteiger partial charge is 0.363 e. The van der Waals surface area contributed by atoms with Crippen LogP contribution >= 0.6 is 22.6 Å². The third kappa shape index (κ3) is 2.97. The van der Waals surface area contributed by atoms with Crippen LogP contribution in [0.2, 0.25) is 0 Å². The molecule has 1 aromatic carbocycles. The molecule has 2 atom stereocenters. The van der Waals surface area contributed by atoms with E-state index in [4.69, 9.17) is 4.99 Å². The number of alkyl halides is 1.